The minimum atomic E-state index is -0.489. The van der Waals surface area contributed by atoms with E-state index in [1.54, 1.807) is 21.1 Å². The van der Waals surface area contributed by atoms with E-state index in [1.807, 2.05) is 13.8 Å². The number of likely N-dealkylation sites (tertiary alicyclic amines) is 1. The standard InChI is InChI=1S/C14H25N3O3/c1-9(2)8-11(13(19)15-3)17(5)14(20)10-6-7-12(18)16(10)4/h9-11H,6-8H2,1-5H3,(H,15,19)/t10-,11?/m0/s1. The van der Waals surface area contributed by atoms with Gasteiger partial charge in [0.05, 0.1) is 0 Å². The highest BCUT2D eigenvalue weighted by atomic mass is 16.2. The van der Waals surface area contributed by atoms with Crippen molar-refractivity contribution in [2.75, 3.05) is 21.1 Å². The Morgan fingerprint density at radius 2 is 2.05 bits per heavy atom. The highest BCUT2D eigenvalue weighted by molar-refractivity contribution is 5.93. The van der Waals surface area contributed by atoms with Gasteiger partial charge < -0.3 is 15.1 Å². The van der Waals surface area contributed by atoms with Crippen LogP contribution in [-0.2, 0) is 14.4 Å². The molecule has 2 atom stereocenters. The molecule has 6 nitrogen and oxygen atoms in total. The number of nitrogens with one attached hydrogen (secondary N) is 1. The first-order chi connectivity index (χ1) is 9.29. The van der Waals surface area contributed by atoms with Crippen molar-refractivity contribution in [3.05, 3.63) is 0 Å². The van der Waals surface area contributed by atoms with Gasteiger partial charge in [-0.15, -0.1) is 0 Å². The van der Waals surface area contributed by atoms with Crippen molar-refractivity contribution in [3.63, 3.8) is 0 Å². The minimum absolute atomic E-state index is 0.0166. The smallest absolute Gasteiger partial charge is 0.245 e. The van der Waals surface area contributed by atoms with Crippen molar-refractivity contribution < 1.29 is 14.4 Å². The van der Waals surface area contributed by atoms with E-state index in [1.165, 1.54) is 9.80 Å². The molecule has 20 heavy (non-hydrogen) atoms. The van der Waals surface area contributed by atoms with Gasteiger partial charge in [0.25, 0.3) is 0 Å². The number of likely N-dealkylation sites (N-methyl/N-ethyl adjacent to an activating group) is 3. The second-order valence-corrected chi connectivity index (χ2v) is 5.77. The van der Waals surface area contributed by atoms with Crippen LogP contribution in [0.25, 0.3) is 0 Å². The lowest BCUT2D eigenvalue weighted by Gasteiger charge is -2.31. The Bertz CT molecular complexity index is 395. The van der Waals surface area contributed by atoms with Crippen molar-refractivity contribution in [1.29, 1.82) is 0 Å². The van der Waals surface area contributed by atoms with Crippen LogP contribution in [0.5, 0.6) is 0 Å². The first-order valence-corrected chi connectivity index (χ1v) is 7.03. The average Bonchev–Trinajstić information content (AvgIpc) is 2.73. The molecule has 0 aromatic rings. The normalized spacial score (nSPS) is 20.2. The molecular weight excluding hydrogens is 258 g/mol. The SMILES string of the molecule is CNC(=O)C(CC(C)C)N(C)C(=O)[C@@H]1CCC(=O)N1C. The fourth-order valence-electron chi connectivity index (χ4n) is 2.54. The molecule has 1 heterocycles. The number of carbonyl (C=O) groups is 3. The third-order valence-electron chi connectivity index (χ3n) is 3.84. The van der Waals surface area contributed by atoms with E-state index in [9.17, 15) is 14.4 Å². The quantitative estimate of drug-likeness (QED) is 0.785. The Labute approximate surface area is 120 Å². The Balaban J connectivity index is 2.83. The van der Waals surface area contributed by atoms with Gasteiger partial charge in [-0.25, -0.2) is 0 Å². The highest BCUT2D eigenvalue weighted by Gasteiger charge is 2.38. The minimum Gasteiger partial charge on any atom is -0.357 e. The van der Waals surface area contributed by atoms with E-state index in [4.69, 9.17) is 0 Å². The summed E-state index contributed by atoms with van der Waals surface area (Å²) in [6.45, 7) is 4.03. The topological polar surface area (TPSA) is 69.7 Å². The van der Waals surface area contributed by atoms with E-state index < -0.39 is 12.1 Å². The molecule has 0 spiro atoms. The van der Waals surface area contributed by atoms with Gasteiger partial charge in [-0.1, -0.05) is 13.8 Å². The van der Waals surface area contributed by atoms with Crippen LogP contribution in [0.2, 0.25) is 0 Å². The molecule has 1 N–H and O–H groups in total. The highest BCUT2D eigenvalue weighted by Crippen LogP contribution is 2.20. The second-order valence-electron chi connectivity index (χ2n) is 5.77. The Morgan fingerprint density at radius 1 is 1.45 bits per heavy atom. The fourth-order valence-corrected chi connectivity index (χ4v) is 2.54. The number of amides is 3. The molecule has 0 aromatic heterocycles. The first-order valence-electron chi connectivity index (χ1n) is 7.03. The van der Waals surface area contributed by atoms with Gasteiger partial charge in [-0.3, -0.25) is 14.4 Å². The fraction of sp³-hybridized carbons (Fsp3) is 0.786. The predicted octanol–water partition coefficient (Wildman–Crippen LogP) is 0.226. The van der Waals surface area contributed by atoms with Crippen LogP contribution in [-0.4, -0.2) is 60.7 Å². The zero-order chi connectivity index (χ0) is 15.4. The molecule has 114 valence electrons. The monoisotopic (exact) mass is 283 g/mol. The van der Waals surface area contributed by atoms with E-state index in [0.717, 1.165) is 0 Å². The van der Waals surface area contributed by atoms with E-state index >= 15 is 0 Å². The van der Waals surface area contributed by atoms with Crippen LogP contribution in [0, 0.1) is 5.92 Å². The average molecular weight is 283 g/mol. The van der Waals surface area contributed by atoms with Gasteiger partial charge in [0.15, 0.2) is 0 Å². The summed E-state index contributed by atoms with van der Waals surface area (Å²) in [4.78, 5) is 39.0. The lowest BCUT2D eigenvalue weighted by Crippen LogP contribution is -2.52. The van der Waals surface area contributed by atoms with E-state index in [2.05, 4.69) is 5.32 Å². The summed E-state index contributed by atoms with van der Waals surface area (Å²) in [7, 11) is 4.85. The molecule has 3 amide bonds. The van der Waals surface area contributed by atoms with Crippen LogP contribution >= 0.6 is 0 Å². The lowest BCUT2D eigenvalue weighted by molar-refractivity contribution is -0.144. The maximum Gasteiger partial charge on any atom is 0.245 e. The summed E-state index contributed by atoms with van der Waals surface area (Å²) in [5.41, 5.74) is 0. The van der Waals surface area contributed by atoms with Gasteiger partial charge in [-0.05, 0) is 18.8 Å². The maximum absolute atomic E-state index is 12.5. The molecule has 0 radical (unpaired) electrons. The van der Waals surface area contributed by atoms with Crippen molar-refractivity contribution in [3.8, 4) is 0 Å². The van der Waals surface area contributed by atoms with Crippen LogP contribution in [0.1, 0.15) is 33.1 Å². The van der Waals surface area contributed by atoms with Crippen molar-refractivity contribution in [2.24, 2.45) is 5.92 Å². The van der Waals surface area contributed by atoms with E-state index in [-0.39, 0.29) is 17.7 Å². The van der Waals surface area contributed by atoms with Crippen molar-refractivity contribution in [2.45, 2.75) is 45.2 Å². The molecule has 1 aliphatic heterocycles. The van der Waals surface area contributed by atoms with Crippen LogP contribution in [0.15, 0.2) is 0 Å². The molecule has 1 fully saturated rings. The zero-order valence-corrected chi connectivity index (χ0v) is 13.0. The predicted molar refractivity (Wildman–Crippen MR) is 75.9 cm³/mol. The number of nitrogens with zero attached hydrogens (tertiary/aromatic N) is 2. The van der Waals surface area contributed by atoms with Gasteiger partial charge in [0.1, 0.15) is 12.1 Å². The third kappa shape index (κ3) is 3.49. The molecular formula is C14H25N3O3. The molecule has 0 aromatic carbocycles. The number of carbonyl (C=O) groups excluding carboxylic acids is 3. The molecule has 1 aliphatic rings. The zero-order valence-electron chi connectivity index (χ0n) is 13.0. The summed E-state index contributed by atoms with van der Waals surface area (Å²) >= 11 is 0. The van der Waals surface area contributed by atoms with Crippen molar-refractivity contribution >= 4 is 17.7 Å². The summed E-state index contributed by atoms with van der Waals surface area (Å²) in [6, 6.07) is -0.927. The van der Waals surface area contributed by atoms with Gasteiger partial charge in [-0.2, -0.15) is 0 Å². The van der Waals surface area contributed by atoms with Crippen LogP contribution in [0.3, 0.4) is 0 Å². The largest absolute Gasteiger partial charge is 0.357 e. The second kappa shape index (κ2) is 6.72. The molecule has 0 bridgehead atoms. The number of rotatable bonds is 5. The van der Waals surface area contributed by atoms with Gasteiger partial charge in [0, 0.05) is 27.6 Å². The summed E-state index contributed by atoms with van der Waals surface area (Å²) < 4.78 is 0. The third-order valence-corrected chi connectivity index (χ3v) is 3.84. The first kappa shape index (κ1) is 16.5. The number of hydrogen-bond donors (Lipinski definition) is 1. The Morgan fingerprint density at radius 3 is 2.45 bits per heavy atom. The van der Waals surface area contributed by atoms with Crippen LogP contribution in [0.4, 0.5) is 0 Å². The van der Waals surface area contributed by atoms with Crippen LogP contribution < -0.4 is 5.32 Å². The summed E-state index contributed by atoms with van der Waals surface area (Å²) in [5, 5.41) is 2.60. The number of hydrogen-bond acceptors (Lipinski definition) is 3. The molecule has 0 aliphatic carbocycles. The Hall–Kier alpha value is -1.59. The molecule has 1 saturated heterocycles. The summed E-state index contributed by atoms with van der Waals surface area (Å²) in [6.07, 6.45) is 1.53. The molecule has 0 saturated carbocycles. The lowest BCUT2D eigenvalue weighted by atomic mass is 10.0. The molecule has 1 rings (SSSR count). The molecule has 6 heteroatoms. The summed E-state index contributed by atoms with van der Waals surface area (Å²) in [5.74, 6) is -0.0401. The van der Waals surface area contributed by atoms with Crippen molar-refractivity contribution in [1.82, 2.24) is 15.1 Å². The Kier molecular flexibility index (Phi) is 5.53. The van der Waals surface area contributed by atoms with Gasteiger partial charge >= 0.3 is 0 Å². The van der Waals surface area contributed by atoms with E-state index in [0.29, 0.717) is 25.2 Å². The maximum atomic E-state index is 12.5. The molecule has 1 unspecified atom stereocenters. The van der Waals surface area contributed by atoms with Gasteiger partial charge in [0.2, 0.25) is 17.7 Å².